The zero-order valence-corrected chi connectivity index (χ0v) is 12.2. The molecule has 0 heterocycles. The molecule has 1 rings (SSSR count). The van der Waals surface area contributed by atoms with Crippen LogP contribution >= 0.6 is 12.4 Å². The second-order valence-corrected chi connectivity index (χ2v) is 4.08. The molecule has 1 aromatic carbocycles. The lowest BCUT2D eigenvalue weighted by Gasteiger charge is -2.13. The molecule has 8 nitrogen and oxygen atoms in total. The number of nitro groups is 1. The van der Waals surface area contributed by atoms with Crippen molar-refractivity contribution < 1.29 is 14.5 Å². The highest BCUT2D eigenvalue weighted by Crippen LogP contribution is 2.12. The van der Waals surface area contributed by atoms with Crippen LogP contribution in [0.1, 0.15) is 17.3 Å². The van der Waals surface area contributed by atoms with E-state index in [0.717, 1.165) is 6.07 Å². The molecule has 116 valence electrons. The molecule has 0 bridgehead atoms. The highest BCUT2D eigenvalue weighted by Gasteiger charge is 2.17. The topological polar surface area (TPSA) is 127 Å². The molecule has 0 saturated heterocycles. The lowest BCUT2D eigenvalue weighted by atomic mass is 10.1. The maximum atomic E-state index is 11.9. The van der Waals surface area contributed by atoms with Crippen LogP contribution in [0.3, 0.4) is 0 Å². The van der Waals surface area contributed by atoms with Gasteiger partial charge in [0.15, 0.2) is 0 Å². The van der Waals surface area contributed by atoms with Gasteiger partial charge in [0.05, 0.1) is 4.92 Å². The second kappa shape index (κ2) is 8.88. The van der Waals surface area contributed by atoms with Crippen LogP contribution in [0, 0.1) is 10.1 Å². The summed E-state index contributed by atoms with van der Waals surface area (Å²) in [6.45, 7) is 2.13. The Morgan fingerprint density at radius 3 is 2.67 bits per heavy atom. The van der Waals surface area contributed by atoms with Gasteiger partial charge in [-0.15, -0.1) is 12.4 Å². The van der Waals surface area contributed by atoms with E-state index in [4.69, 9.17) is 5.73 Å². The van der Waals surface area contributed by atoms with E-state index in [2.05, 4.69) is 10.6 Å². The minimum absolute atomic E-state index is 0. The van der Waals surface area contributed by atoms with Crippen molar-refractivity contribution in [3.8, 4) is 0 Å². The van der Waals surface area contributed by atoms with Crippen molar-refractivity contribution in [2.45, 2.75) is 13.0 Å². The standard InChI is InChI=1S/C12H16N4O4.ClH/c1-8(11(17)14-6-5-13)15-12(18)9-3-2-4-10(7-9)16(19)20;/h2-4,7-8H,5-6,13H2,1H3,(H,14,17)(H,15,18);1H. The monoisotopic (exact) mass is 316 g/mol. The van der Waals surface area contributed by atoms with Crippen molar-refractivity contribution in [3.05, 3.63) is 39.9 Å². The van der Waals surface area contributed by atoms with Gasteiger partial charge < -0.3 is 16.4 Å². The Balaban J connectivity index is 0.00000400. The lowest BCUT2D eigenvalue weighted by molar-refractivity contribution is -0.384. The summed E-state index contributed by atoms with van der Waals surface area (Å²) in [5, 5.41) is 15.6. The molecular weight excluding hydrogens is 300 g/mol. The van der Waals surface area contributed by atoms with Gasteiger partial charge in [-0.25, -0.2) is 0 Å². The van der Waals surface area contributed by atoms with Crippen molar-refractivity contribution in [2.24, 2.45) is 5.73 Å². The summed E-state index contributed by atoms with van der Waals surface area (Å²) in [5.41, 5.74) is 5.19. The maximum absolute atomic E-state index is 11.9. The van der Waals surface area contributed by atoms with Crippen LogP contribution in [0.5, 0.6) is 0 Å². The number of hydrogen-bond acceptors (Lipinski definition) is 5. The molecule has 21 heavy (non-hydrogen) atoms. The minimum Gasteiger partial charge on any atom is -0.353 e. The van der Waals surface area contributed by atoms with Gasteiger partial charge in [-0.2, -0.15) is 0 Å². The van der Waals surface area contributed by atoms with E-state index in [1.165, 1.54) is 25.1 Å². The van der Waals surface area contributed by atoms with E-state index in [0.29, 0.717) is 13.1 Å². The fourth-order valence-corrected chi connectivity index (χ4v) is 1.45. The summed E-state index contributed by atoms with van der Waals surface area (Å²) in [6, 6.07) is 4.53. The molecule has 0 radical (unpaired) electrons. The number of benzene rings is 1. The molecule has 1 unspecified atom stereocenters. The third kappa shape index (κ3) is 5.76. The van der Waals surface area contributed by atoms with Crippen molar-refractivity contribution >= 4 is 29.9 Å². The van der Waals surface area contributed by atoms with Gasteiger partial charge in [-0.3, -0.25) is 19.7 Å². The largest absolute Gasteiger partial charge is 0.353 e. The number of carbonyl (C=O) groups is 2. The zero-order chi connectivity index (χ0) is 15.1. The summed E-state index contributed by atoms with van der Waals surface area (Å²) >= 11 is 0. The quantitative estimate of drug-likeness (QED) is 0.510. The second-order valence-electron chi connectivity index (χ2n) is 4.08. The fourth-order valence-electron chi connectivity index (χ4n) is 1.45. The SMILES string of the molecule is CC(NC(=O)c1cccc([N+](=O)[O-])c1)C(=O)NCCN.Cl. The maximum Gasteiger partial charge on any atom is 0.270 e. The summed E-state index contributed by atoms with van der Waals surface area (Å²) in [7, 11) is 0. The number of nitrogens with two attached hydrogens (primary N) is 1. The van der Waals surface area contributed by atoms with Crippen LogP contribution in [0.4, 0.5) is 5.69 Å². The van der Waals surface area contributed by atoms with Crippen LogP contribution in [-0.2, 0) is 4.79 Å². The average Bonchev–Trinajstić information content (AvgIpc) is 2.44. The number of rotatable bonds is 6. The molecule has 9 heteroatoms. The van der Waals surface area contributed by atoms with Gasteiger partial charge in [-0.05, 0) is 13.0 Å². The minimum atomic E-state index is -0.756. The number of nitro benzene ring substituents is 1. The van der Waals surface area contributed by atoms with E-state index in [9.17, 15) is 19.7 Å². The number of hydrogen-bond donors (Lipinski definition) is 3. The van der Waals surface area contributed by atoms with Crippen molar-refractivity contribution in [1.82, 2.24) is 10.6 Å². The Morgan fingerprint density at radius 1 is 1.43 bits per heavy atom. The Kier molecular flexibility index (Phi) is 7.95. The molecule has 0 aliphatic rings. The predicted molar refractivity (Wildman–Crippen MR) is 79.3 cm³/mol. The van der Waals surface area contributed by atoms with Crippen LogP contribution in [0.15, 0.2) is 24.3 Å². The Hall–Kier alpha value is -2.19. The van der Waals surface area contributed by atoms with Crippen molar-refractivity contribution in [1.29, 1.82) is 0 Å². The number of non-ortho nitro benzene ring substituents is 1. The third-order valence-electron chi connectivity index (χ3n) is 2.50. The van der Waals surface area contributed by atoms with E-state index in [1.54, 1.807) is 0 Å². The first-order valence-corrected chi connectivity index (χ1v) is 5.98. The molecule has 0 fully saturated rings. The fraction of sp³-hybridized carbons (Fsp3) is 0.333. The zero-order valence-electron chi connectivity index (χ0n) is 11.4. The molecule has 2 amide bonds. The first-order valence-electron chi connectivity index (χ1n) is 5.98. The molecule has 1 atom stereocenters. The molecule has 4 N–H and O–H groups in total. The molecular formula is C12H17ClN4O4. The van der Waals surface area contributed by atoms with Gasteiger partial charge in [0, 0.05) is 30.8 Å². The van der Waals surface area contributed by atoms with E-state index in [1.807, 2.05) is 0 Å². The number of amides is 2. The Morgan fingerprint density at radius 2 is 2.10 bits per heavy atom. The number of carbonyl (C=O) groups excluding carboxylic acids is 2. The Labute approximate surface area is 127 Å². The highest BCUT2D eigenvalue weighted by molar-refractivity contribution is 5.97. The van der Waals surface area contributed by atoms with Gasteiger partial charge in [0.25, 0.3) is 11.6 Å². The van der Waals surface area contributed by atoms with Crippen molar-refractivity contribution in [2.75, 3.05) is 13.1 Å². The predicted octanol–water partition coefficient (Wildman–Crippen LogP) is 0.210. The summed E-state index contributed by atoms with van der Waals surface area (Å²) in [5.74, 6) is -0.918. The summed E-state index contributed by atoms with van der Waals surface area (Å²) in [6.07, 6.45) is 0. The number of halogens is 1. The van der Waals surface area contributed by atoms with E-state index in [-0.39, 0.29) is 29.6 Å². The first kappa shape index (κ1) is 18.8. The van der Waals surface area contributed by atoms with Gasteiger partial charge >= 0.3 is 0 Å². The number of nitrogens with zero attached hydrogens (tertiary/aromatic N) is 1. The first-order chi connectivity index (χ1) is 9.45. The molecule has 1 aromatic rings. The molecule has 0 aromatic heterocycles. The smallest absolute Gasteiger partial charge is 0.270 e. The highest BCUT2D eigenvalue weighted by atomic mass is 35.5. The summed E-state index contributed by atoms with van der Waals surface area (Å²) in [4.78, 5) is 33.5. The van der Waals surface area contributed by atoms with Gasteiger partial charge in [0.2, 0.25) is 5.91 Å². The normalized spacial score (nSPS) is 11.0. The molecule has 0 aliphatic carbocycles. The van der Waals surface area contributed by atoms with Crippen LogP contribution in [0.2, 0.25) is 0 Å². The molecule has 0 aliphatic heterocycles. The van der Waals surface area contributed by atoms with Crippen molar-refractivity contribution in [3.63, 3.8) is 0 Å². The van der Waals surface area contributed by atoms with Gasteiger partial charge in [0.1, 0.15) is 6.04 Å². The number of nitrogens with one attached hydrogen (secondary N) is 2. The average molecular weight is 317 g/mol. The summed E-state index contributed by atoms with van der Waals surface area (Å²) < 4.78 is 0. The van der Waals surface area contributed by atoms with Crippen LogP contribution in [-0.4, -0.2) is 35.9 Å². The van der Waals surface area contributed by atoms with Crippen LogP contribution in [0.25, 0.3) is 0 Å². The third-order valence-corrected chi connectivity index (χ3v) is 2.50. The molecule has 0 spiro atoms. The van der Waals surface area contributed by atoms with E-state index >= 15 is 0 Å². The molecule has 0 saturated carbocycles. The Bertz CT molecular complexity index is 524. The lowest BCUT2D eigenvalue weighted by Crippen LogP contribution is -2.45. The van der Waals surface area contributed by atoms with Crippen LogP contribution < -0.4 is 16.4 Å². The van der Waals surface area contributed by atoms with Gasteiger partial charge in [-0.1, -0.05) is 6.07 Å². The van der Waals surface area contributed by atoms with E-state index < -0.39 is 16.9 Å².